The molecule has 2 bridgehead atoms. The molecule has 23 heteroatoms. The molecule has 75 heavy (non-hydrogen) atoms. The first-order valence-electron chi connectivity index (χ1n) is 23.9. The summed E-state index contributed by atoms with van der Waals surface area (Å²) >= 11 is 6.81. The van der Waals surface area contributed by atoms with Gasteiger partial charge in [-0.3, -0.25) is 33.7 Å². The van der Waals surface area contributed by atoms with Gasteiger partial charge in [-0.05, 0) is 73.4 Å². The molecule has 2 fully saturated rings. The summed E-state index contributed by atoms with van der Waals surface area (Å²) in [6.45, 7) is 1.84. The molecule has 6 atom stereocenters. The summed E-state index contributed by atoms with van der Waals surface area (Å²) in [7, 11) is 1.05. The summed E-state index contributed by atoms with van der Waals surface area (Å²) in [5, 5.41) is 29.8. The number of hydrogen-bond acceptors (Lipinski definition) is 11. The number of pyridine rings is 2. The molecule has 16 nitrogen and oxygen atoms in total. The molecule has 2 unspecified atom stereocenters. The van der Waals surface area contributed by atoms with Gasteiger partial charge in [-0.1, -0.05) is 69.3 Å². The number of benzene rings is 2. The summed E-state index contributed by atoms with van der Waals surface area (Å²) in [5.74, 6) is 3.87. The predicted molar refractivity (Wildman–Crippen MR) is 267 cm³/mol. The number of ether oxygens (including phenoxy) is 1. The molecular formula is C52H60ClF6N9O7. The fourth-order valence-electron chi connectivity index (χ4n) is 9.02. The Morgan fingerprint density at radius 2 is 1.48 bits per heavy atom. The van der Waals surface area contributed by atoms with E-state index in [1.165, 1.54) is 44.9 Å². The van der Waals surface area contributed by atoms with Crippen molar-refractivity contribution in [1.82, 2.24) is 41.3 Å². The van der Waals surface area contributed by atoms with Gasteiger partial charge in [0, 0.05) is 83.7 Å². The number of aliphatic hydroxyl groups excluding tert-OH is 1. The quantitative estimate of drug-likeness (QED) is 0.0307. The number of aliphatic hydroxyl groups is 1. The molecule has 6 rings (SSSR count). The number of anilines is 1. The molecule has 2 aromatic heterocycles. The van der Waals surface area contributed by atoms with Gasteiger partial charge in [-0.15, -0.1) is 0 Å². The van der Waals surface area contributed by atoms with Crippen molar-refractivity contribution in [3.63, 3.8) is 0 Å². The van der Waals surface area contributed by atoms with Crippen LogP contribution in [0.15, 0.2) is 79.1 Å². The lowest BCUT2D eigenvalue weighted by molar-refractivity contribution is -0.153. The number of carboxylic acid groups (broad SMARTS) is 1. The van der Waals surface area contributed by atoms with Crippen molar-refractivity contribution in [2.75, 3.05) is 51.5 Å². The third kappa shape index (κ3) is 15.2. The zero-order chi connectivity index (χ0) is 54.8. The molecule has 0 saturated carbocycles. The zero-order valence-electron chi connectivity index (χ0n) is 41.9. The maximum atomic E-state index is 15.9. The van der Waals surface area contributed by atoms with Crippen molar-refractivity contribution >= 4 is 41.4 Å². The minimum absolute atomic E-state index is 0.121. The van der Waals surface area contributed by atoms with E-state index in [1.807, 2.05) is 10.2 Å². The number of piperazine rings is 1. The third-order valence-electron chi connectivity index (χ3n) is 13.3. The van der Waals surface area contributed by atoms with E-state index in [4.69, 9.17) is 16.3 Å². The highest BCUT2D eigenvalue weighted by molar-refractivity contribution is 6.34. The van der Waals surface area contributed by atoms with E-state index < -0.39 is 104 Å². The van der Waals surface area contributed by atoms with Crippen LogP contribution in [0, 0.1) is 28.5 Å². The van der Waals surface area contributed by atoms with E-state index in [-0.39, 0.29) is 29.1 Å². The number of aromatic nitrogens is 2. The van der Waals surface area contributed by atoms with Crippen molar-refractivity contribution in [1.29, 1.82) is 0 Å². The van der Waals surface area contributed by atoms with Crippen LogP contribution in [0.1, 0.15) is 62.8 Å². The van der Waals surface area contributed by atoms with Gasteiger partial charge >= 0.3 is 18.4 Å². The number of hydrogen-bond donors (Lipinski definition) is 6. The molecule has 2 aliphatic heterocycles. The number of nitrogens with one attached hydrogen (secondary N) is 4. The van der Waals surface area contributed by atoms with Crippen molar-refractivity contribution in [2.45, 2.75) is 96.0 Å². The summed E-state index contributed by atoms with van der Waals surface area (Å²) in [4.78, 5) is 64.8. The van der Waals surface area contributed by atoms with Gasteiger partial charge in [-0.2, -0.15) is 13.2 Å². The Kier molecular flexibility index (Phi) is 19.0. The van der Waals surface area contributed by atoms with Crippen LogP contribution in [0.2, 0.25) is 5.02 Å². The van der Waals surface area contributed by atoms with Crippen LogP contribution in [-0.2, 0) is 27.3 Å². The van der Waals surface area contributed by atoms with E-state index in [0.717, 1.165) is 18.2 Å². The molecule has 0 radical (unpaired) electrons. The molecule has 4 amide bonds. The van der Waals surface area contributed by atoms with Crippen LogP contribution in [-0.4, -0.2) is 143 Å². The van der Waals surface area contributed by atoms with Crippen molar-refractivity contribution in [3.05, 3.63) is 112 Å². The van der Waals surface area contributed by atoms with Crippen LogP contribution >= 0.6 is 11.6 Å². The Morgan fingerprint density at radius 3 is 2.04 bits per heavy atom. The smallest absolute Gasteiger partial charge is 0.407 e. The molecule has 2 aromatic carbocycles. The van der Waals surface area contributed by atoms with E-state index >= 15 is 4.39 Å². The average molecular weight is 1070 g/mol. The van der Waals surface area contributed by atoms with Gasteiger partial charge in [0.1, 0.15) is 23.7 Å². The van der Waals surface area contributed by atoms with Crippen LogP contribution in [0.3, 0.4) is 0 Å². The minimum atomic E-state index is -4.27. The van der Waals surface area contributed by atoms with E-state index in [1.54, 1.807) is 60.8 Å². The Labute approximate surface area is 435 Å². The lowest BCUT2D eigenvalue weighted by atomic mass is 9.84. The highest BCUT2D eigenvalue weighted by Gasteiger charge is 2.45. The number of nitrogens with zero attached hydrogens (tertiary/aromatic N) is 5. The molecule has 2 saturated heterocycles. The lowest BCUT2D eigenvalue weighted by Crippen LogP contribution is -2.61. The highest BCUT2D eigenvalue weighted by Crippen LogP contribution is 2.35. The number of rotatable bonds is 20. The normalized spacial score (nSPS) is 17.5. The van der Waals surface area contributed by atoms with Gasteiger partial charge in [-0.25, -0.2) is 24.0 Å². The number of carbonyl (C=O) groups excluding carboxylic acids is 3. The first-order chi connectivity index (χ1) is 35.4. The molecule has 4 heterocycles. The van der Waals surface area contributed by atoms with Gasteiger partial charge in [0.05, 0.1) is 49.9 Å². The Hall–Kier alpha value is -6.67. The zero-order valence-corrected chi connectivity index (χ0v) is 42.6. The van der Waals surface area contributed by atoms with Crippen LogP contribution in [0.5, 0.6) is 0 Å². The number of halogens is 7. The Balaban J connectivity index is 1.27. The summed E-state index contributed by atoms with van der Waals surface area (Å²) in [6, 6.07) is 12.7. The van der Waals surface area contributed by atoms with Gasteiger partial charge in [0.15, 0.2) is 0 Å². The van der Waals surface area contributed by atoms with E-state index in [2.05, 4.69) is 37.9 Å². The number of amides is 4. The first kappa shape index (κ1) is 57.6. The largest absolute Gasteiger partial charge is 0.465 e. The van der Waals surface area contributed by atoms with Gasteiger partial charge in [0.2, 0.25) is 5.91 Å². The maximum Gasteiger partial charge on any atom is 0.407 e. The Morgan fingerprint density at radius 1 is 0.853 bits per heavy atom. The van der Waals surface area contributed by atoms with Crippen molar-refractivity contribution in [2.24, 2.45) is 10.8 Å². The van der Waals surface area contributed by atoms with Crippen LogP contribution in [0.4, 0.5) is 41.7 Å². The van der Waals surface area contributed by atoms with Crippen LogP contribution in [0.25, 0.3) is 11.3 Å². The fraction of sp³-hybridized carbons (Fsp3) is 0.462. The van der Waals surface area contributed by atoms with Crippen LogP contribution < -0.4 is 26.3 Å². The third-order valence-corrected chi connectivity index (χ3v) is 13.7. The SMILES string of the molecule is COC(=O)N[C@H](C(=O)N[C@@H](Cc1ccc(C#Cc2ccc(N3CC4CCC(C3)N4CC(F)(F)F)nc2)cc1)[C@@H](O)CN(Cc1c(F)ccc(-c2ccccn2)c1Cl)NC(=O)[C@@H](NC(=O)O)C(C)(C)CF)C(C)(C)CF. The molecule has 0 aliphatic carbocycles. The van der Waals surface area contributed by atoms with E-state index in [9.17, 15) is 51.3 Å². The number of alkyl halides is 5. The number of fused-ring (bicyclic) bond motifs is 2. The van der Waals surface area contributed by atoms with Crippen molar-refractivity contribution < 1.29 is 60.5 Å². The number of methoxy groups -OCH3 is 1. The average Bonchev–Trinajstić information content (AvgIpc) is 3.57. The summed E-state index contributed by atoms with van der Waals surface area (Å²) < 4.78 is 89.1. The van der Waals surface area contributed by atoms with Crippen molar-refractivity contribution in [3.8, 4) is 23.1 Å². The number of carbonyl (C=O) groups is 4. The Bertz CT molecular complexity index is 2680. The van der Waals surface area contributed by atoms with Gasteiger partial charge in [0.25, 0.3) is 5.91 Å². The minimum Gasteiger partial charge on any atom is -0.465 e. The number of hydrazine groups is 1. The molecular weight excluding hydrogens is 1010 g/mol. The lowest BCUT2D eigenvalue weighted by Gasteiger charge is -2.41. The second-order valence-electron chi connectivity index (χ2n) is 20.0. The standard InChI is InChI=1S/C52H60ClF6N9O7/c1-50(2,28-54)44(64-49(74)75-5)46(70)62-40(22-32-12-9-31(10-13-32)11-14-33-15-20-42(61-23-33)66-24-34-16-17-35(25-66)68(34)30-52(57,58)59)41(69)27-67(65-47(71)45(63-48(72)73)51(3,4)29-55)26-37-38(56)19-18-36(43(37)53)39-8-6-7-21-60-39/h6-10,12-13,15,18-21,23,34-35,40-41,44-45,63,69H,16-17,22,24-30H2,1-5H3,(H,62,70)(H,64,74)(H,65,71)(H,72,73)/t34?,35?,40-,41-,44+,45+/m0/s1. The van der Waals surface area contributed by atoms with E-state index in [0.29, 0.717) is 59.7 Å². The van der Waals surface area contributed by atoms with Gasteiger partial charge < -0.3 is 35.8 Å². The molecule has 0 spiro atoms. The fourth-order valence-corrected chi connectivity index (χ4v) is 9.33. The molecule has 4 aromatic rings. The topological polar surface area (TPSA) is 202 Å². The maximum absolute atomic E-state index is 15.9. The highest BCUT2D eigenvalue weighted by atomic mass is 35.5. The summed E-state index contributed by atoms with van der Waals surface area (Å²) in [5.41, 5.74) is 1.49. The molecule has 2 aliphatic rings. The summed E-state index contributed by atoms with van der Waals surface area (Å²) in [6.07, 6.45) is -4.39. The monoisotopic (exact) mass is 1070 g/mol. The predicted octanol–water partition coefficient (Wildman–Crippen LogP) is 6.83. The molecule has 404 valence electrons. The second kappa shape index (κ2) is 24.8. The first-order valence-corrected chi connectivity index (χ1v) is 24.3. The number of alkyl carbamates (subject to hydrolysis) is 1. The molecule has 6 N–H and O–H groups in total. The second-order valence-corrected chi connectivity index (χ2v) is 20.3.